The number of hydrazone groups is 1. The highest BCUT2D eigenvalue weighted by Gasteiger charge is 2.10. The maximum Gasteiger partial charge on any atom is 0.277 e. The van der Waals surface area contributed by atoms with Crippen molar-refractivity contribution in [2.75, 3.05) is 6.61 Å². The van der Waals surface area contributed by atoms with Crippen LogP contribution in [0.25, 0.3) is 0 Å². The summed E-state index contributed by atoms with van der Waals surface area (Å²) < 4.78 is 7.78. The van der Waals surface area contributed by atoms with Crippen molar-refractivity contribution in [3.8, 4) is 5.75 Å². The molecule has 0 heterocycles. The lowest BCUT2D eigenvalue weighted by molar-refractivity contribution is -0.123. The molecule has 2 aromatic carbocycles. The van der Waals surface area contributed by atoms with Gasteiger partial charge in [0.1, 0.15) is 5.75 Å². The van der Waals surface area contributed by atoms with Crippen LogP contribution in [0.3, 0.4) is 0 Å². The Balaban J connectivity index is 1.94. The van der Waals surface area contributed by atoms with E-state index < -0.39 is 5.91 Å². The van der Waals surface area contributed by atoms with Crippen molar-refractivity contribution in [3.63, 3.8) is 0 Å². The molecule has 1 amide bonds. The normalized spacial score (nSPS) is 10.9. The molecule has 2 aromatic rings. The van der Waals surface area contributed by atoms with Gasteiger partial charge in [0.2, 0.25) is 0 Å². The standard InChI is InChI=1S/C15H9Br3Cl2N2O2/c16-8-4-10(17)15(11(18)5-8)24-7-14(23)22-21-6-9-12(19)2-1-3-13(9)20/h1-6H,7H2,(H,22,23)/b21-6+. The number of ether oxygens (including phenoxy) is 1. The molecule has 2 rings (SSSR count). The third kappa shape index (κ3) is 5.46. The molecule has 0 saturated carbocycles. The molecule has 0 radical (unpaired) electrons. The Labute approximate surface area is 173 Å². The number of rotatable bonds is 5. The fourth-order valence-electron chi connectivity index (χ4n) is 1.64. The average Bonchev–Trinajstić information content (AvgIpc) is 2.49. The summed E-state index contributed by atoms with van der Waals surface area (Å²) in [6.07, 6.45) is 1.38. The summed E-state index contributed by atoms with van der Waals surface area (Å²) in [5.74, 6) is 0.0997. The first-order valence-electron chi connectivity index (χ1n) is 6.41. The number of hydrogen-bond donors (Lipinski definition) is 1. The number of amides is 1. The Morgan fingerprint density at radius 2 is 1.75 bits per heavy atom. The Morgan fingerprint density at radius 3 is 2.33 bits per heavy atom. The van der Waals surface area contributed by atoms with Crippen molar-refractivity contribution in [2.45, 2.75) is 0 Å². The van der Waals surface area contributed by atoms with E-state index in [2.05, 4.69) is 58.3 Å². The van der Waals surface area contributed by atoms with Crippen molar-refractivity contribution in [1.29, 1.82) is 0 Å². The van der Waals surface area contributed by atoms with Gasteiger partial charge in [-0.1, -0.05) is 45.2 Å². The summed E-state index contributed by atoms with van der Waals surface area (Å²) in [7, 11) is 0. The minimum absolute atomic E-state index is 0.202. The van der Waals surface area contributed by atoms with Crippen LogP contribution in [-0.4, -0.2) is 18.7 Å². The van der Waals surface area contributed by atoms with E-state index in [1.165, 1.54) is 6.21 Å². The van der Waals surface area contributed by atoms with Crippen LogP contribution in [0, 0.1) is 0 Å². The fraction of sp³-hybridized carbons (Fsp3) is 0.0667. The van der Waals surface area contributed by atoms with Crippen LogP contribution >= 0.6 is 71.0 Å². The highest BCUT2D eigenvalue weighted by atomic mass is 79.9. The zero-order valence-corrected chi connectivity index (χ0v) is 18.1. The van der Waals surface area contributed by atoms with Gasteiger partial charge in [0, 0.05) is 10.0 Å². The number of nitrogens with one attached hydrogen (secondary N) is 1. The van der Waals surface area contributed by atoms with Gasteiger partial charge in [-0.25, -0.2) is 5.43 Å². The largest absolute Gasteiger partial charge is 0.481 e. The predicted octanol–water partition coefficient (Wildman–Crippen LogP) is 5.81. The number of carbonyl (C=O) groups excluding carboxylic acids is 1. The summed E-state index contributed by atoms with van der Waals surface area (Å²) in [4.78, 5) is 11.8. The molecular weight excluding hydrogens is 551 g/mol. The zero-order chi connectivity index (χ0) is 17.7. The molecule has 126 valence electrons. The Hall–Kier alpha value is -0.600. The summed E-state index contributed by atoms with van der Waals surface area (Å²) in [5, 5.41) is 4.72. The highest BCUT2D eigenvalue weighted by Crippen LogP contribution is 2.36. The lowest BCUT2D eigenvalue weighted by Gasteiger charge is -2.10. The van der Waals surface area contributed by atoms with Crippen LogP contribution in [0.2, 0.25) is 10.0 Å². The predicted molar refractivity (Wildman–Crippen MR) is 107 cm³/mol. The quantitative estimate of drug-likeness (QED) is 0.371. The van der Waals surface area contributed by atoms with Crippen LogP contribution < -0.4 is 10.2 Å². The molecule has 0 spiro atoms. The minimum atomic E-state index is -0.420. The van der Waals surface area contributed by atoms with E-state index in [-0.39, 0.29) is 6.61 Å². The number of nitrogens with zero attached hydrogens (tertiary/aromatic N) is 1. The van der Waals surface area contributed by atoms with E-state index in [0.717, 1.165) is 4.47 Å². The number of hydrogen-bond acceptors (Lipinski definition) is 3. The zero-order valence-electron chi connectivity index (χ0n) is 11.8. The maximum absolute atomic E-state index is 11.8. The summed E-state index contributed by atoms with van der Waals surface area (Å²) in [6, 6.07) is 8.72. The number of halogens is 5. The number of carbonyl (C=O) groups is 1. The van der Waals surface area contributed by atoms with Crippen molar-refractivity contribution in [1.82, 2.24) is 5.43 Å². The van der Waals surface area contributed by atoms with E-state index >= 15 is 0 Å². The molecule has 4 nitrogen and oxygen atoms in total. The molecule has 0 aliphatic heterocycles. The second kappa shape index (κ2) is 9.20. The van der Waals surface area contributed by atoms with Crippen LogP contribution in [0.5, 0.6) is 5.75 Å². The third-order valence-corrected chi connectivity index (χ3v) is 4.99. The smallest absolute Gasteiger partial charge is 0.277 e. The Morgan fingerprint density at radius 1 is 1.17 bits per heavy atom. The second-order valence-electron chi connectivity index (χ2n) is 4.42. The summed E-state index contributed by atoms with van der Waals surface area (Å²) in [5.41, 5.74) is 2.88. The lowest BCUT2D eigenvalue weighted by Crippen LogP contribution is -2.24. The van der Waals surface area contributed by atoms with Gasteiger partial charge >= 0.3 is 0 Å². The first-order chi connectivity index (χ1) is 11.4. The van der Waals surface area contributed by atoms with E-state index in [9.17, 15) is 4.79 Å². The SMILES string of the molecule is O=C(COc1c(Br)cc(Br)cc1Br)N/N=C/c1c(Cl)cccc1Cl. The van der Waals surface area contributed by atoms with E-state index in [1.807, 2.05) is 12.1 Å². The molecule has 9 heteroatoms. The van der Waals surface area contributed by atoms with Gasteiger partial charge in [-0.05, 0) is 56.1 Å². The van der Waals surface area contributed by atoms with Crippen LogP contribution in [0.15, 0.2) is 48.9 Å². The van der Waals surface area contributed by atoms with Crippen molar-refractivity contribution < 1.29 is 9.53 Å². The monoisotopic (exact) mass is 556 g/mol. The minimum Gasteiger partial charge on any atom is -0.481 e. The maximum atomic E-state index is 11.8. The van der Waals surface area contributed by atoms with Crippen molar-refractivity contribution in [3.05, 3.63) is 59.4 Å². The first-order valence-corrected chi connectivity index (χ1v) is 9.55. The molecule has 0 aromatic heterocycles. The molecule has 0 atom stereocenters. The van der Waals surface area contributed by atoms with Gasteiger partial charge in [-0.2, -0.15) is 5.10 Å². The first kappa shape index (κ1) is 19.7. The average molecular weight is 560 g/mol. The van der Waals surface area contributed by atoms with Gasteiger partial charge in [0.15, 0.2) is 6.61 Å². The van der Waals surface area contributed by atoms with Gasteiger partial charge in [-0.3, -0.25) is 4.79 Å². The second-order valence-corrected chi connectivity index (χ2v) is 7.85. The highest BCUT2D eigenvalue weighted by molar-refractivity contribution is 9.11. The van der Waals surface area contributed by atoms with Crippen LogP contribution in [-0.2, 0) is 4.79 Å². The molecule has 0 bridgehead atoms. The van der Waals surface area contributed by atoms with Gasteiger partial charge < -0.3 is 4.74 Å². The van der Waals surface area contributed by atoms with E-state index in [4.69, 9.17) is 27.9 Å². The summed E-state index contributed by atoms with van der Waals surface area (Å²) >= 11 is 22.1. The van der Waals surface area contributed by atoms with Crippen molar-refractivity contribution >= 4 is 83.1 Å². The Bertz CT molecular complexity index is 757. The van der Waals surface area contributed by atoms with Gasteiger partial charge in [0.05, 0.1) is 25.2 Å². The topological polar surface area (TPSA) is 50.7 Å². The molecule has 0 unspecified atom stereocenters. The molecule has 0 aliphatic rings. The fourth-order valence-corrected chi connectivity index (χ4v) is 4.62. The van der Waals surface area contributed by atoms with E-state index in [1.54, 1.807) is 18.2 Å². The molecular formula is C15H9Br3Cl2N2O2. The van der Waals surface area contributed by atoms with Crippen LogP contribution in [0.1, 0.15) is 5.56 Å². The van der Waals surface area contributed by atoms with Crippen molar-refractivity contribution in [2.24, 2.45) is 5.10 Å². The van der Waals surface area contributed by atoms with Crippen LogP contribution in [0.4, 0.5) is 0 Å². The number of benzene rings is 2. The lowest BCUT2D eigenvalue weighted by atomic mass is 10.2. The Kier molecular flexibility index (Phi) is 7.56. The van der Waals surface area contributed by atoms with Gasteiger partial charge in [-0.15, -0.1) is 0 Å². The van der Waals surface area contributed by atoms with E-state index in [0.29, 0.717) is 30.3 Å². The summed E-state index contributed by atoms with van der Waals surface area (Å²) in [6.45, 7) is -0.202. The molecule has 0 aliphatic carbocycles. The third-order valence-electron chi connectivity index (χ3n) is 2.69. The molecule has 24 heavy (non-hydrogen) atoms. The molecule has 1 N–H and O–H groups in total. The molecule has 0 fully saturated rings. The van der Waals surface area contributed by atoms with Gasteiger partial charge in [0.25, 0.3) is 5.91 Å². The molecule has 0 saturated heterocycles.